The third kappa shape index (κ3) is 4.15. The highest BCUT2D eigenvalue weighted by Crippen LogP contribution is 2.41. The number of ether oxygens (including phenoxy) is 1. The molecular formula is C23H27N7O2. The zero-order chi connectivity index (χ0) is 22.7. The molecule has 1 aliphatic heterocycles. The molecule has 2 aromatic heterocycles. The second-order valence-electron chi connectivity index (χ2n) is 8.26. The maximum absolute atomic E-state index is 9.94. The molecule has 1 atom stereocenters. The summed E-state index contributed by atoms with van der Waals surface area (Å²) in [6.45, 7) is 5.87. The Bertz CT molecular complexity index is 1170. The SMILES string of the molecule is COCCCn1nc(C)cc1Nc1nccc(-c2cc(C#N)c3c(c2)[C@](C)(CO)CN3)n1. The standard InChI is InChI=1S/C23H27N7O2/c1-15-9-20(30(29-15)7-4-8-32-3)28-22-25-6-5-19(27-22)16-10-17(12-24)21-18(11-16)23(2,14-31)13-26-21/h5-6,9-11,26,31H,4,7-8,13-14H2,1-3H3,(H,25,27,28)/t23-/m0/s1. The van der Waals surface area contributed by atoms with Crippen LogP contribution in [0.3, 0.4) is 0 Å². The third-order valence-electron chi connectivity index (χ3n) is 5.73. The third-order valence-corrected chi connectivity index (χ3v) is 5.73. The van der Waals surface area contributed by atoms with Crippen molar-refractivity contribution in [2.75, 3.05) is 37.5 Å². The Kier molecular flexibility index (Phi) is 6.08. The van der Waals surface area contributed by atoms with Crippen LogP contribution in [0.25, 0.3) is 11.3 Å². The van der Waals surface area contributed by atoms with E-state index in [0.29, 0.717) is 36.9 Å². The van der Waals surface area contributed by atoms with Crippen LogP contribution in [0.1, 0.15) is 30.2 Å². The van der Waals surface area contributed by atoms with Crippen molar-refractivity contribution in [3.63, 3.8) is 0 Å². The summed E-state index contributed by atoms with van der Waals surface area (Å²) < 4.78 is 7.02. The number of hydrogen-bond acceptors (Lipinski definition) is 8. The smallest absolute Gasteiger partial charge is 0.228 e. The van der Waals surface area contributed by atoms with Crippen molar-refractivity contribution in [2.24, 2.45) is 0 Å². The Morgan fingerprint density at radius 3 is 2.97 bits per heavy atom. The van der Waals surface area contributed by atoms with Gasteiger partial charge in [0.05, 0.1) is 29.2 Å². The van der Waals surface area contributed by atoms with Gasteiger partial charge in [-0.3, -0.25) is 0 Å². The van der Waals surface area contributed by atoms with Crippen molar-refractivity contribution in [1.82, 2.24) is 19.7 Å². The summed E-state index contributed by atoms with van der Waals surface area (Å²) >= 11 is 0. The molecule has 3 heterocycles. The van der Waals surface area contributed by atoms with Gasteiger partial charge in [-0.2, -0.15) is 10.4 Å². The van der Waals surface area contributed by atoms with Crippen LogP contribution in [0.15, 0.2) is 30.5 Å². The molecule has 0 aliphatic carbocycles. The lowest BCUT2D eigenvalue weighted by Gasteiger charge is -2.21. The lowest BCUT2D eigenvalue weighted by molar-refractivity contribution is 0.189. The van der Waals surface area contributed by atoms with Gasteiger partial charge < -0.3 is 20.5 Å². The Balaban J connectivity index is 1.65. The maximum Gasteiger partial charge on any atom is 0.228 e. The van der Waals surface area contributed by atoms with E-state index in [2.05, 4.69) is 31.8 Å². The van der Waals surface area contributed by atoms with Gasteiger partial charge in [-0.05, 0) is 37.1 Å². The van der Waals surface area contributed by atoms with Crippen LogP contribution >= 0.6 is 0 Å². The van der Waals surface area contributed by atoms with E-state index in [-0.39, 0.29) is 6.61 Å². The molecule has 3 N–H and O–H groups in total. The highest BCUT2D eigenvalue weighted by Gasteiger charge is 2.35. The number of rotatable bonds is 8. The van der Waals surface area contributed by atoms with E-state index in [1.54, 1.807) is 13.3 Å². The number of nitriles is 1. The monoisotopic (exact) mass is 433 g/mol. The van der Waals surface area contributed by atoms with Crippen molar-refractivity contribution in [3.05, 3.63) is 47.3 Å². The molecule has 0 spiro atoms. The van der Waals surface area contributed by atoms with Gasteiger partial charge in [0.25, 0.3) is 0 Å². The van der Waals surface area contributed by atoms with Crippen LogP contribution in [0.5, 0.6) is 0 Å². The fourth-order valence-corrected chi connectivity index (χ4v) is 3.93. The summed E-state index contributed by atoms with van der Waals surface area (Å²) in [5.41, 5.74) is 4.19. The summed E-state index contributed by atoms with van der Waals surface area (Å²) in [5, 5.41) is 30.7. The number of aromatic nitrogens is 4. The molecule has 4 rings (SSSR count). The van der Waals surface area contributed by atoms with Crippen LogP contribution in [-0.4, -0.2) is 51.7 Å². The average Bonchev–Trinajstić information content (AvgIpc) is 3.33. The predicted molar refractivity (Wildman–Crippen MR) is 122 cm³/mol. The number of anilines is 3. The molecule has 0 radical (unpaired) electrons. The number of aliphatic hydroxyl groups excluding tert-OH is 1. The summed E-state index contributed by atoms with van der Waals surface area (Å²) in [7, 11) is 1.68. The highest BCUT2D eigenvalue weighted by atomic mass is 16.5. The summed E-state index contributed by atoms with van der Waals surface area (Å²) in [6, 6.07) is 9.84. The normalized spacial score (nSPS) is 17.0. The summed E-state index contributed by atoms with van der Waals surface area (Å²) in [6.07, 6.45) is 2.53. The topological polar surface area (TPSA) is 121 Å². The molecule has 0 saturated heterocycles. The van der Waals surface area contributed by atoms with Crippen LogP contribution in [0.4, 0.5) is 17.5 Å². The molecule has 1 aliphatic rings. The molecule has 0 unspecified atom stereocenters. The minimum Gasteiger partial charge on any atom is -0.395 e. The van der Waals surface area contributed by atoms with E-state index in [9.17, 15) is 10.4 Å². The predicted octanol–water partition coefficient (Wildman–Crippen LogP) is 2.98. The number of fused-ring (bicyclic) bond motifs is 1. The number of nitrogens with zero attached hydrogens (tertiary/aromatic N) is 5. The van der Waals surface area contributed by atoms with E-state index >= 15 is 0 Å². The van der Waals surface area contributed by atoms with Gasteiger partial charge in [-0.15, -0.1) is 0 Å². The van der Waals surface area contributed by atoms with E-state index < -0.39 is 5.41 Å². The number of methoxy groups -OCH3 is 1. The molecule has 166 valence electrons. The van der Waals surface area contributed by atoms with Crippen LogP contribution in [-0.2, 0) is 16.7 Å². The first kappa shape index (κ1) is 21.7. The summed E-state index contributed by atoms with van der Waals surface area (Å²) in [4.78, 5) is 9.04. The maximum atomic E-state index is 9.94. The van der Waals surface area contributed by atoms with Crippen molar-refractivity contribution in [3.8, 4) is 17.3 Å². The molecule has 9 heteroatoms. The Labute approximate surface area is 187 Å². The first-order chi connectivity index (χ1) is 15.5. The first-order valence-corrected chi connectivity index (χ1v) is 10.5. The first-order valence-electron chi connectivity index (χ1n) is 10.5. The molecule has 32 heavy (non-hydrogen) atoms. The summed E-state index contributed by atoms with van der Waals surface area (Å²) in [5.74, 6) is 1.25. The van der Waals surface area contributed by atoms with Crippen molar-refractivity contribution in [2.45, 2.75) is 32.2 Å². The average molecular weight is 434 g/mol. The van der Waals surface area contributed by atoms with Gasteiger partial charge in [0, 0.05) is 50.0 Å². The number of aliphatic hydroxyl groups is 1. The van der Waals surface area contributed by atoms with Gasteiger partial charge in [0.2, 0.25) is 5.95 Å². The number of aryl methyl sites for hydroxylation is 2. The van der Waals surface area contributed by atoms with Crippen LogP contribution in [0, 0.1) is 18.3 Å². The van der Waals surface area contributed by atoms with Crippen LogP contribution in [0.2, 0.25) is 0 Å². The molecular weight excluding hydrogens is 406 g/mol. The van der Waals surface area contributed by atoms with E-state index in [0.717, 1.165) is 34.7 Å². The fraction of sp³-hybridized carbons (Fsp3) is 0.391. The van der Waals surface area contributed by atoms with Gasteiger partial charge in [-0.25, -0.2) is 14.6 Å². The van der Waals surface area contributed by atoms with Crippen molar-refractivity contribution >= 4 is 17.5 Å². The highest BCUT2D eigenvalue weighted by molar-refractivity contribution is 5.76. The number of hydrogen-bond donors (Lipinski definition) is 3. The minimum absolute atomic E-state index is 0.00961. The Hall–Kier alpha value is -3.48. The van der Waals surface area contributed by atoms with Crippen LogP contribution < -0.4 is 10.6 Å². The fourth-order valence-electron chi connectivity index (χ4n) is 3.93. The van der Waals surface area contributed by atoms with Gasteiger partial charge in [0.1, 0.15) is 11.9 Å². The zero-order valence-electron chi connectivity index (χ0n) is 18.5. The molecule has 0 fully saturated rings. The van der Waals surface area contributed by atoms with Gasteiger partial charge >= 0.3 is 0 Å². The van der Waals surface area contributed by atoms with E-state index in [1.807, 2.05) is 42.8 Å². The second-order valence-corrected chi connectivity index (χ2v) is 8.26. The Morgan fingerprint density at radius 1 is 1.38 bits per heavy atom. The molecule has 1 aromatic carbocycles. The number of nitrogens with one attached hydrogen (secondary N) is 2. The zero-order valence-corrected chi connectivity index (χ0v) is 18.5. The molecule has 3 aromatic rings. The minimum atomic E-state index is -0.447. The van der Waals surface area contributed by atoms with Crippen molar-refractivity contribution < 1.29 is 9.84 Å². The largest absolute Gasteiger partial charge is 0.395 e. The van der Waals surface area contributed by atoms with Gasteiger partial charge in [0.15, 0.2) is 0 Å². The van der Waals surface area contributed by atoms with E-state index in [4.69, 9.17) is 4.74 Å². The molecule has 9 nitrogen and oxygen atoms in total. The number of benzene rings is 1. The van der Waals surface area contributed by atoms with E-state index in [1.165, 1.54) is 0 Å². The lowest BCUT2D eigenvalue weighted by Crippen LogP contribution is -2.28. The second kappa shape index (κ2) is 8.94. The molecule has 0 amide bonds. The van der Waals surface area contributed by atoms with Crippen molar-refractivity contribution in [1.29, 1.82) is 5.26 Å². The molecule has 0 bridgehead atoms. The molecule has 0 saturated carbocycles. The van der Waals surface area contributed by atoms with Gasteiger partial charge in [-0.1, -0.05) is 6.92 Å². The quantitative estimate of drug-likeness (QED) is 0.464. The lowest BCUT2D eigenvalue weighted by atomic mass is 9.83. The Morgan fingerprint density at radius 2 is 2.22 bits per heavy atom.